The molecule has 1 rings (SSSR count). The molecular formula is C9H13ClN2OS. The van der Waals surface area contributed by atoms with Gasteiger partial charge < -0.3 is 5.32 Å². The Bertz CT molecular complexity index is 324. The summed E-state index contributed by atoms with van der Waals surface area (Å²) in [6, 6.07) is -0.0672. The van der Waals surface area contributed by atoms with Crippen LogP contribution in [-0.2, 0) is 4.79 Å². The van der Waals surface area contributed by atoms with Crippen molar-refractivity contribution in [3.05, 3.63) is 16.1 Å². The number of carbonyl (C=O) groups excluding carboxylic acids is 1. The predicted molar refractivity (Wildman–Crippen MR) is 58.7 cm³/mol. The van der Waals surface area contributed by atoms with Gasteiger partial charge >= 0.3 is 0 Å². The minimum absolute atomic E-state index is 0.0672. The summed E-state index contributed by atoms with van der Waals surface area (Å²) in [5.74, 6) is -0.160. The SMILES string of the molecule is Cc1csc(C(C)NC(=O)C(C)Cl)n1. The zero-order chi connectivity index (χ0) is 10.7. The van der Waals surface area contributed by atoms with E-state index in [4.69, 9.17) is 11.6 Å². The first-order valence-electron chi connectivity index (χ1n) is 4.37. The molecule has 5 heteroatoms. The molecule has 2 unspecified atom stereocenters. The predicted octanol–water partition coefficient (Wildman–Crippen LogP) is 2.26. The second-order valence-corrected chi connectivity index (χ2v) is 4.72. The molecule has 0 spiro atoms. The minimum Gasteiger partial charge on any atom is -0.346 e. The lowest BCUT2D eigenvalue weighted by atomic mass is 10.3. The number of nitrogens with zero attached hydrogens (tertiary/aromatic N) is 1. The maximum absolute atomic E-state index is 11.3. The average molecular weight is 233 g/mol. The van der Waals surface area contributed by atoms with Crippen molar-refractivity contribution in [3.8, 4) is 0 Å². The van der Waals surface area contributed by atoms with Crippen LogP contribution in [0.1, 0.15) is 30.6 Å². The quantitative estimate of drug-likeness (QED) is 0.813. The highest BCUT2D eigenvalue weighted by atomic mass is 35.5. The second-order valence-electron chi connectivity index (χ2n) is 3.17. The molecular weight excluding hydrogens is 220 g/mol. The van der Waals surface area contributed by atoms with Gasteiger partial charge in [-0.15, -0.1) is 22.9 Å². The highest BCUT2D eigenvalue weighted by Crippen LogP contribution is 2.17. The Morgan fingerprint density at radius 2 is 2.29 bits per heavy atom. The van der Waals surface area contributed by atoms with E-state index in [2.05, 4.69) is 10.3 Å². The number of halogens is 1. The molecule has 0 saturated carbocycles. The molecule has 0 aliphatic rings. The Hall–Kier alpha value is -0.610. The van der Waals surface area contributed by atoms with Crippen molar-refractivity contribution >= 4 is 28.8 Å². The number of thiazole rings is 1. The van der Waals surface area contributed by atoms with Crippen molar-refractivity contribution in [3.63, 3.8) is 0 Å². The molecule has 1 aromatic heterocycles. The van der Waals surface area contributed by atoms with Gasteiger partial charge in [-0.05, 0) is 20.8 Å². The standard InChI is InChI=1S/C9H13ClN2OS/c1-5-4-14-9(11-5)7(3)12-8(13)6(2)10/h4,6-7H,1-3H3,(H,12,13). The van der Waals surface area contributed by atoms with Crippen molar-refractivity contribution in [1.29, 1.82) is 0 Å². The van der Waals surface area contributed by atoms with Crippen molar-refractivity contribution in [2.45, 2.75) is 32.2 Å². The maximum Gasteiger partial charge on any atom is 0.238 e. The summed E-state index contributed by atoms with van der Waals surface area (Å²) in [4.78, 5) is 15.6. The number of rotatable bonds is 3. The number of nitrogens with one attached hydrogen (secondary N) is 1. The number of hydrogen-bond donors (Lipinski definition) is 1. The van der Waals surface area contributed by atoms with Crippen LogP contribution in [0.15, 0.2) is 5.38 Å². The third-order valence-corrected chi connectivity index (χ3v) is 3.07. The molecule has 2 atom stereocenters. The van der Waals surface area contributed by atoms with Gasteiger partial charge in [-0.1, -0.05) is 0 Å². The highest BCUT2D eigenvalue weighted by Gasteiger charge is 2.15. The van der Waals surface area contributed by atoms with Gasteiger partial charge in [0, 0.05) is 11.1 Å². The van der Waals surface area contributed by atoms with Crippen molar-refractivity contribution < 1.29 is 4.79 Å². The smallest absolute Gasteiger partial charge is 0.238 e. The number of aromatic nitrogens is 1. The molecule has 0 saturated heterocycles. The Kier molecular flexibility index (Phi) is 3.89. The van der Waals surface area contributed by atoms with Gasteiger partial charge in [0.25, 0.3) is 0 Å². The summed E-state index contributed by atoms with van der Waals surface area (Å²) < 4.78 is 0. The number of alkyl halides is 1. The molecule has 14 heavy (non-hydrogen) atoms. The largest absolute Gasteiger partial charge is 0.346 e. The first-order chi connectivity index (χ1) is 6.50. The lowest BCUT2D eigenvalue weighted by Crippen LogP contribution is -2.31. The zero-order valence-electron chi connectivity index (χ0n) is 8.37. The Morgan fingerprint density at radius 1 is 1.64 bits per heavy atom. The molecule has 0 bridgehead atoms. The van der Waals surface area contributed by atoms with Crippen LogP contribution in [0, 0.1) is 6.92 Å². The van der Waals surface area contributed by atoms with Crippen LogP contribution in [0.3, 0.4) is 0 Å². The topological polar surface area (TPSA) is 42.0 Å². The van der Waals surface area contributed by atoms with E-state index in [0.29, 0.717) is 0 Å². The van der Waals surface area contributed by atoms with Crippen molar-refractivity contribution in [2.24, 2.45) is 0 Å². The second kappa shape index (κ2) is 4.75. The van der Waals surface area contributed by atoms with E-state index in [1.54, 1.807) is 18.3 Å². The van der Waals surface area contributed by atoms with E-state index in [1.807, 2.05) is 19.2 Å². The third-order valence-electron chi connectivity index (χ3n) is 1.73. The molecule has 0 aromatic carbocycles. The summed E-state index contributed by atoms with van der Waals surface area (Å²) in [7, 11) is 0. The van der Waals surface area contributed by atoms with Gasteiger partial charge in [0.15, 0.2) is 0 Å². The monoisotopic (exact) mass is 232 g/mol. The Labute approximate surface area is 92.5 Å². The summed E-state index contributed by atoms with van der Waals surface area (Å²) in [6.45, 7) is 5.48. The fourth-order valence-corrected chi connectivity index (χ4v) is 1.83. The van der Waals surface area contributed by atoms with Crippen LogP contribution in [0.5, 0.6) is 0 Å². The fraction of sp³-hybridized carbons (Fsp3) is 0.556. The third kappa shape index (κ3) is 2.96. The summed E-state index contributed by atoms with van der Waals surface area (Å²) in [6.07, 6.45) is 0. The van der Waals surface area contributed by atoms with Crippen LogP contribution in [0.2, 0.25) is 0 Å². The molecule has 1 N–H and O–H groups in total. The highest BCUT2D eigenvalue weighted by molar-refractivity contribution is 7.09. The first-order valence-corrected chi connectivity index (χ1v) is 5.68. The number of carbonyl (C=O) groups is 1. The first kappa shape index (κ1) is 11.5. The molecule has 0 fully saturated rings. The summed E-state index contributed by atoms with van der Waals surface area (Å²) in [5, 5.41) is 5.16. The molecule has 3 nitrogen and oxygen atoms in total. The summed E-state index contributed by atoms with van der Waals surface area (Å²) in [5.41, 5.74) is 0.977. The van der Waals surface area contributed by atoms with Gasteiger partial charge in [-0.3, -0.25) is 4.79 Å². The molecule has 1 aromatic rings. The average Bonchev–Trinajstić information content (AvgIpc) is 2.51. The number of amides is 1. The van der Waals surface area contributed by atoms with Crippen LogP contribution in [0.25, 0.3) is 0 Å². The summed E-state index contributed by atoms with van der Waals surface area (Å²) >= 11 is 7.18. The molecule has 1 heterocycles. The molecule has 1 amide bonds. The number of hydrogen-bond acceptors (Lipinski definition) is 3. The molecule has 0 aliphatic heterocycles. The van der Waals surface area contributed by atoms with E-state index in [1.165, 1.54) is 0 Å². The van der Waals surface area contributed by atoms with Gasteiger partial charge in [-0.2, -0.15) is 0 Å². The van der Waals surface area contributed by atoms with E-state index >= 15 is 0 Å². The maximum atomic E-state index is 11.3. The van der Waals surface area contributed by atoms with Crippen molar-refractivity contribution in [2.75, 3.05) is 0 Å². The molecule has 0 aliphatic carbocycles. The van der Waals surface area contributed by atoms with Crippen LogP contribution in [-0.4, -0.2) is 16.3 Å². The van der Waals surface area contributed by atoms with Gasteiger partial charge in [0.05, 0.1) is 6.04 Å². The Balaban J connectivity index is 2.59. The minimum atomic E-state index is -0.501. The normalized spacial score (nSPS) is 14.9. The lowest BCUT2D eigenvalue weighted by Gasteiger charge is -2.11. The van der Waals surface area contributed by atoms with Crippen LogP contribution >= 0.6 is 22.9 Å². The van der Waals surface area contributed by atoms with Gasteiger partial charge in [0.2, 0.25) is 5.91 Å². The number of aryl methyl sites for hydroxylation is 1. The fourth-order valence-electron chi connectivity index (χ4n) is 0.961. The van der Waals surface area contributed by atoms with Crippen LogP contribution in [0.4, 0.5) is 0 Å². The zero-order valence-corrected chi connectivity index (χ0v) is 9.95. The van der Waals surface area contributed by atoms with Gasteiger partial charge in [0.1, 0.15) is 10.4 Å². The van der Waals surface area contributed by atoms with Crippen LogP contribution < -0.4 is 5.32 Å². The van der Waals surface area contributed by atoms with Gasteiger partial charge in [-0.25, -0.2) is 4.98 Å². The van der Waals surface area contributed by atoms with Crippen molar-refractivity contribution in [1.82, 2.24) is 10.3 Å². The van der Waals surface area contributed by atoms with E-state index in [9.17, 15) is 4.79 Å². The molecule has 0 radical (unpaired) electrons. The lowest BCUT2D eigenvalue weighted by molar-refractivity contribution is -0.121. The van der Waals surface area contributed by atoms with E-state index in [0.717, 1.165) is 10.7 Å². The van der Waals surface area contributed by atoms with E-state index < -0.39 is 5.38 Å². The Morgan fingerprint density at radius 3 is 2.71 bits per heavy atom. The molecule has 78 valence electrons. The van der Waals surface area contributed by atoms with E-state index in [-0.39, 0.29) is 11.9 Å².